The molecule has 0 atom stereocenters. The van der Waals surface area contributed by atoms with Crippen molar-refractivity contribution >= 4 is 40.7 Å². The second-order valence-corrected chi connectivity index (χ2v) is 6.24. The Morgan fingerprint density at radius 1 is 1.23 bits per heavy atom. The van der Waals surface area contributed by atoms with Crippen LogP contribution in [0.1, 0.15) is 10.4 Å². The van der Waals surface area contributed by atoms with Gasteiger partial charge in [0.15, 0.2) is 0 Å². The number of para-hydroxylation sites is 1. The molecule has 1 aliphatic rings. The van der Waals surface area contributed by atoms with E-state index in [4.69, 9.17) is 11.6 Å². The quantitative estimate of drug-likeness (QED) is 0.896. The Kier molecular flexibility index (Phi) is 4.90. The molecule has 3 amide bonds. The largest absolute Gasteiger partial charge is 0.332 e. The number of halogens is 2. The van der Waals surface area contributed by atoms with E-state index in [2.05, 4.69) is 5.32 Å². The number of nitrogens with one attached hydrogen (secondary N) is 1. The lowest BCUT2D eigenvalue weighted by Gasteiger charge is -2.21. The van der Waals surface area contributed by atoms with Gasteiger partial charge in [-0.3, -0.25) is 14.4 Å². The summed E-state index contributed by atoms with van der Waals surface area (Å²) in [4.78, 5) is 39.8. The summed E-state index contributed by atoms with van der Waals surface area (Å²) in [6, 6.07) is 10.4. The summed E-state index contributed by atoms with van der Waals surface area (Å²) in [6.45, 7) is -0.421. The first kappa shape index (κ1) is 17.9. The van der Waals surface area contributed by atoms with Gasteiger partial charge in [0.2, 0.25) is 11.8 Å². The molecule has 1 heterocycles. The van der Waals surface area contributed by atoms with Gasteiger partial charge in [-0.1, -0.05) is 23.7 Å². The Labute approximate surface area is 154 Å². The number of nitrogens with zero attached hydrogens (tertiary/aromatic N) is 2. The van der Waals surface area contributed by atoms with Crippen LogP contribution in [0.3, 0.4) is 0 Å². The van der Waals surface area contributed by atoms with E-state index < -0.39 is 11.7 Å². The molecule has 0 fully saturated rings. The molecule has 0 spiro atoms. The summed E-state index contributed by atoms with van der Waals surface area (Å²) in [5.41, 5.74) is 1.03. The Balaban J connectivity index is 1.84. The molecule has 0 aliphatic carbocycles. The van der Waals surface area contributed by atoms with Crippen molar-refractivity contribution in [1.29, 1.82) is 0 Å². The Bertz CT molecular complexity index is 903. The normalized spacial score (nSPS) is 14.1. The van der Waals surface area contributed by atoms with Gasteiger partial charge in [0.1, 0.15) is 18.9 Å². The highest BCUT2D eigenvalue weighted by molar-refractivity contribution is 6.31. The summed E-state index contributed by atoms with van der Waals surface area (Å²) in [7, 11) is 1.53. The highest BCUT2D eigenvalue weighted by Gasteiger charge is 2.30. The van der Waals surface area contributed by atoms with Gasteiger partial charge < -0.3 is 15.1 Å². The molecule has 3 rings (SSSR count). The maximum atomic E-state index is 13.2. The SMILES string of the molecule is CN1CC(=O)N(CC(=O)Nc2ccc(F)c(Cl)c2)c2ccccc2C1=O. The van der Waals surface area contributed by atoms with Gasteiger partial charge in [0.05, 0.1) is 16.3 Å². The van der Waals surface area contributed by atoms with E-state index in [1.807, 2.05) is 0 Å². The Morgan fingerprint density at radius 3 is 2.69 bits per heavy atom. The van der Waals surface area contributed by atoms with Gasteiger partial charge in [0, 0.05) is 12.7 Å². The number of rotatable bonds is 3. The molecule has 8 heteroatoms. The van der Waals surface area contributed by atoms with Crippen LogP contribution >= 0.6 is 11.6 Å². The highest BCUT2D eigenvalue weighted by atomic mass is 35.5. The second-order valence-electron chi connectivity index (χ2n) is 5.84. The predicted octanol–water partition coefficient (Wildman–Crippen LogP) is 2.54. The molecule has 26 heavy (non-hydrogen) atoms. The lowest BCUT2D eigenvalue weighted by Crippen LogP contribution is -2.41. The lowest BCUT2D eigenvalue weighted by atomic mass is 10.1. The molecule has 0 aromatic heterocycles. The van der Waals surface area contributed by atoms with Gasteiger partial charge in [0.25, 0.3) is 5.91 Å². The fraction of sp³-hybridized carbons (Fsp3) is 0.167. The summed E-state index contributed by atoms with van der Waals surface area (Å²) < 4.78 is 13.2. The van der Waals surface area contributed by atoms with Crippen molar-refractivity contribution in [2.45, 2.75) is 0 Å². The van der Waals surface area contributed by atoms with Crippen molar-refractivity contribution < 1.29 is 18.8 Å². The topological polar surface area (TPSA) is 69.7 Å². The Hall–Kier alpha value is -2.93. The van der Waals surface area contributed by atoms with E-state index in [1.165, 1.54) is 29.0 Å². The van der Waals surface area contributed by atoms with Gasteiger partial charge >= 0.3 is 0 Å². The zero-order valence-electron chi connectivity index (χ0n) is 13.8. The van der Waals surface area contributed by atoms with Crippen LogP contribution in [-0.2, 0) is 9.59 Å². The number of hydrogen-bond acceptors (Lipinski definition) is 3. The number of likely N-dealkylation sites (N-methyl/N-ethyl adjacent to an activating group) is 1. The number of carbonyl (C=O) groups is 3. The van der Waals surface area contributed by atoms with Gasteiger partial charge in [-0.2, -0.15) is 0 Å². The maximum Gasteiger partial charge on any atom is 0.256 e. The fourth-order valence-electron chi connectivity index (χ4n) is 2.68. The number of fused-ring (bicyclic) bond motifs is 1. The first-order valence-electron chi connectivity index (χ1n) is 7.76. The first-order valence-corrected chi connectivity index (χ1v) is 8.14. The average molecular weight is 376 g/mol. The first-order chi connectivity index (χ1) is 12.4. The third kappa shape index (κ3) is 3.52. The molecule has 134 valence electrons. The predicted molar refractivity (Wildman–Crippen MR) is 95.8 cm³/mol. The minimum Gasteiger partial charge on any atom is -0.332 e. The minimum atomic E-state index is -0.595. The van der Waals surface area contributed by atoms with E-state index in [-0.39, 0.29) is 29.9 Å². The molecule has 0 radical (unpaired) electrons. The summed E-state index contributed by atoms with van der Waals surface area (Å²) in [5.74, 6) is -1.75. The molecule has 1 N–H and O–H groups in total. The van der Waals surface area contributed by atoms with Crippen molar-refractivity contribution in [3.05, 3.63) is 58.9 Å². The third-order valence-electron chi connectivity index (χ3n) is 3.95. The monoisotopic (exact) mass is 375 g/mol. The minimum absolute atomic E-state index is 0.119. The molecule has 0 bridgehead atoms. The van der Waals surface area contributed by atoms with Crippen LogP contribution in [0, 0.1) is 5.82 Å². The molecule has 0 saturated heterocycles. The van der Waals surface area contributed by atoms with Crippen molar-refractivity contribution in [3.63, 3.8) is 0 Å². The number of carbonyl (C=O) groups excluding carboxylic acids is 3. The van der Waals surface area contributed by atoms with E-state index in [0.29, 0.717) is 16.9 Å². The number of hydrogen-bond donors (Lipinski definition) is 1. The number of benzene rings is 2. The van der Waals surface area contributed by atoms with Crippen LogP contribution in [0.15, 0.2) is 42.5 Å². The molecule has 0 saturated carbocycles. The van der Waals surface area contributed by atoms with Gasteiger partial charge in [-0.15, -0.1) is 0 Å². The van der Waals surface area contributed by atoms with E-state index in [0.717, 1.165) is 6.07 Å². The standard InChI is InChI=1S/C18H15ClFN3O3/c1-22-10-17(25)23(15-5-3-2-4-12(15)18(22)26)9-16(24)21-11-6-7-14(20)13(19)8-11/h2-8H,9-10H2,1H3,(H,21,24). The van der Waals surface area contributed by atoms with E-state index in [9.17, 15) is 18.8 Å². The highest BCUT2D eigenvalue weighted by Crippen LogP contribution is 2.25. The zero-order chi connectivity index (χ0) is 18.8. The molecular formula is C18H15ClFN3O3. The second kappa shape index (κ2) is 7.13. The third-order valence-corrected chi connectivity index (χ3v) is 4.24. The lowest BCUT2D eigenvalue weighted by molar-refractivity contribution is -0.121. The summed E-state index contributed by atoms with van der Waals surface area (Å²) >= 11 is 5.70. The van der Waals surface area contributed by atoms with Crippen LogP contribution in [0.4, 0.5) is 15.8 Å². The molecule has 1 aliphatic heterocycles. The molecule has 6 nitrogen and oxygen atoms in total. The van der Waals surface area contributed by atoms with Crippen molar-refractivity contribution in [3.8, 4) is 0 Å². The van der Waals surface area contributed by atoms with Crippen molar-refractivity contribution in [2.24, 2.45) is 0 Å². The van der Waals surface area contributed by atoms with Crippen LogP contribution in [-0.4, -0.2) is 42.8 Å². The van der Waals surface area contributed by atoms with Crippen LogP contribution < -0.4 is 10.2 Å². The van der Waals surface area contributed by atoms with Crippen LogP contribution in [0.5, 0.6) is 0 Å². The maximum absolute atomic E-state index is 13.2. The van der Waals surface area contributed by atoms with E-state index >= 15 is 0 Å². The van der Waals surface area contributed by atoms with Gasteiger partial charge in [-0.25, -0.2) is 4.39 Å². The van der Waals surface area contributed by atoms with Gasteiger partial charge in [-0.05, 0) is 30.3 Å². The molecule has 2 aromatic rings. The molecule has 2 aromatic carbocycles. The van der Waals surface area contributed by atoms with Crippen LogP contribution in [0.2, 0.25) is 5.02 Å². The number of anilines is 2. The zero-order valence-corrected chi connectivity index (χ0v) is 14.6. The van der Waals surface area contributed by atoms with Crippen LogP contribution in [0.25, 0.3) is 0 Å². The van der Waals surface area contributed by atoms with E-state index in [1.54, 1.807) is 24.3 Å². The smallest absolute Gasteiger partial charge is 0.256 e. The number of amides is 3. The average Bonchev–Trinajstić information content (AvgIpc) is 2.69. The summed E-state index contributed by atoms with van der Waals surface area (Å²) in [5, 5.41) is 2.45. The fourth-order valence-corrected chi connectivity index (χ4v) is 2.86. The van der Waals surface area contributed by atoms with Crippen molar-refractivity contribution in [1.82, 2.24) is 4.90 Å². The van der Waals surface area contributed by atoms with Crippen molar-refractivity contribution in [2.75, 3.05) is 30.4 Å². The summed E-state index contributed by atoms with van der Waals surface area (Å²) in [6.07, 6.45) is 0. The molecule has 0 unspecified atom stereocenters. The Morgan fingerprint density at radius 2 is 1.96 bits per heavy atom. The molecular weight excluding hydrogens is 361 g/mol.